The highest BCUT2D eigenvalue weighted by Crippen LogP contribution is 2.29. The Morgan fingerprint density at radius 3 is 2.97 bits per heavy atom. The van der Waals surface area contributed by atoms with Gasteiger partial charge in [0, 0.05) is 30.1 Å². The minimum Gasteiger partial charge on any atom is -0.441 e. The minimum absolute atomic E-state index is 0.200. The van der Waals surface area contributed by atoms with Crippen LogP contribution in [0.3, 0.4) is 0 Å². The standard InChI is InChI=1S/C20H18FN9O/c21-13-9-30(11-1-4-22-5-2-11)20-17(13)24-8-16(27-20)26-15-7-14(28-29-15)12-3-6-23-19-18(12)31-10-25-19/h3,6-11,22H,1-2,4-5H2,(H2,26,27,28,29). The van der Waals surface area contributed by atoms with Gasteiger partial charge in [-0.1, -0.05) is 0 Å². The summed E-state index contributed by atoms with van der Waals surface area (Å²) in [5.41, 5.74) is 3.45. The van der Waals surface area contributed by atoms with E-state index in [4.69, 9.17) is 4.42 Å². The van der Waals surface area contributed by atoms with Crippen LogP contribution < -0.4 is 10.6 Å². The molecule has 0 atom stereocenters. The van der Waals surface area contributed by atoms with Crippen molar-refractivity contribution >= 4 is 34.0 Å². The predicted octanol–water partition coefficient (Wildman–Crippen LogP) is 3.16. The van der Waals surface area contributed by atoms with Crippen molar-refractivity contribution in [2.75, 3.05) is 18.4 Å². The third-order valence-corrected chi connectivity index (χ3v) is 5.53. The smallest absolute Gasteiger partial charge is 0.199 e. The van der Waals surface area contributed by atoms with Crippen LogP contribution in [0, 0.1) is 5.82 Å². The molecule has 0 amide bonds. The van der Waals surface area contributed by atoms with Crippen LogP contribution in [-0.2, 0) is 0 Å². The summed E-state index contributed by atoms with van der Waals surface area (Å²) in [5.74, 6) is 0.676. The molecule has 1 aliphatic heterocycles. The van der Waals surface area contributed by atoms with Gasteiger partial charge in [0.1, 0.15) is 5.52 Å². The molecule has 1 aliphatic rings. The average Bonchev–Trinajstić information content (AvgIpc) is 3.53. The number of aromatic nitrogens is 7. The number of nitrogens with zero attached hydrogens (tertiary/aromatic N) is 6. The molecule has 156 valence electrons. The summed E-state index contributed by atoms with van der Waals surface area (Å²) in [6.45, 7) is 1.81. The Balaban J connectivity index is 1.32. The van der Waals surface area contributed by atoms with Gasteiger partial charge in [-0.3, -0.25) is 5.10 Å². The Hall–Kier alpha value is -3.86. The van der Waals surface area contributed by atoms with Crippen LogP contribution >= 0.6 is 0 Å². The maximum Gasteiger partial charge on any atom is 0.199 e. The molecular formula is C20H18FN9O. The molecule has 1 fully saturated rings. The monoisotopic (exact) mass is 419 g/mol. The van der Waals surface area contributed by atoms with Gasteiger partial charge in [-0.15, -0.1) is 0 Å². The van der Waals surface area contributed by atoms with Gasteiger partial charge in [-0.25, -0.2) is 19.3 Å². The first-order chi connectivity index (χ1) is 15.3. The summed E-state index contributed by atoms with van der Waals surface area (Å²) >= 11 is 0. The van der Waals surface area contributed by atoms with E-state index in [1.54, 1.807) is 6.20 Å². The van der Waals surface area contributed by atoms with E-state index < -0.39 is 0 Å². The lowest BCUT2D eigenvalue weighted by Crippen LogP contribution is -2.29. The number of H-pyrrole nitrogens is 1. The fourth-order valence-corrected chi connectivity index (χ4v) is 4.04. The van der Waals surface area contributed by atoms with Crippen molar-refractivity contribution in [3.8, 4) is 11.3 Å². The van der Waals surface area contributed by atoms with Gasteiger partial charge in [-0.05, 0) is 32.0 Å². The fourth-order valence-electron chi connectivity index (χ4n) is 4.04. The lowest BCUT2D eigenvalue weighted by atomic mass is 10.1. The van der Waals surface area contributed by atoms with Crippen LogP contribution in [0.25, 0.3) is 33.7 Å². The number of piperidine rings is 1. The topological polar surface area (TPSA) is 122 Å². The highest BCUT2D eigenvalue weighted by Gasteiger charge is 2.21. The number of oxazole rings is 1. The van der Waals surface area contributed by atoms with E-state index in [0.717, 1.165) is 37.2 Å². The third kappa shape index (κ3) is 3.10. The molecule has 5 aromatic rings. The van der Waals surface area contributed by atoms with Crippen LogP contribution in [0.1, 0.15) is 18.9 Å². The van der Waals surface area contributed by atoms with Crippen molar-refractivity contribution in [1.29, 1.82) is 0 Å². The summed E-state index contributed by atoms with van der Waals surface area (Å²) in [6.07, 6.45) is 7.88. The number of fused-ring (bicyclic) bond motifs is 2. The molecule has 0 radical (unpaired) electrons. The number of rotatable bonds is 4. The van der Waals surface area contributed by atoms with E-state index in [1.165, 1.54) is 18.8 Å². The van der Waals surface area contributed by atoms with Gasteiger partial charge >= 0.3 is 0 Å². The van der Waals surface area contributed by atoms with Crippen molar-refractivity contribution in [2.24, 2.45) is 0 Å². The van der Waals surface area contributed by atoms with E-state index >= 15 is 0 Å². The number of anilines is 2. The number of hydrogen-bond donors (Lipinski definition) is 3. The molecule has 0 aliphatic carbocycles. The molecule has 31 heavy (non-hydrogen) atoms. The first kappa shape index (κ1) is 18.0. The number of aromatic amines is 1. The molecular weight excluding hydrogens is 401 g/mol. The van der Waals surface area contributed by atoms with Gasteiger partial charge in [0.25, 0.3) is 0 Å². The lowest BCUT2D eigenvalue weighted by molar-refractivity contribution is 0.372. The zero-order valence-electron chi connectivity index (χ0n) is 16.3. The summed E-state index contributed by atoms with van der Waals surface area (Å²) in [5, 5.41) is 13.7. The van der Waals surface area contributed by atoms with Gasteiger partial charge < -0.3 is 19.6 Å². The Bertz CT molecular complexity index is 1380. The van der Waals surface area contributed by atoms with E-state index in [1.807, 2.05) is 16.7 Å². The van der Waals surface area contributed by atoms with Crippen molar-refractivity contribution in [3.63, 3.8) is 0 Å². The fraction of sp³-hybridized carbons (Fsp3) is 0.250. The van der Waals surface area contributed by atoms with E-state index in [2.05, 4.69) is 40.8 Å². The van der Waals surface area contributed by atoms with Gasteiger partial charge in [0.2, 0.25) is 0 Å². The van der Waals surface area contributed by atoms with Crippen LogP contribution in [0.2, 0.25) is 0 Å². The molecule has 10 nitrogen and oxygen atoms in total. The first-order valence-corrected chi connectivity index (χ1v) is 10.0. The summed E-state index contributed by atoms with van der Waals surface area (Å²) in [7, 11) is 0. The van der Waals surface area contributed by atoms with Crippen molar-refractivity contribution in [3.05, 3.63) is 42.9 Å². The molecule has 0 spiro atoms. The second-order valence-corrected chi connectivity index (χ2v) is 7.45. The molecule has 6 heterocycles. The molecule has 0 unspecified atom stereocenters. The number of pyridine rings is 1. The maximum absolute atomic E-state index is 14.4. The van der Waals surface area contributed by atoms with Crippen molar-refractivity contribution in [2.45, 2.75) is 18.9 Å². The lowest BCUT2D eigenvalue weighted by Gasteiger charge is -2.24. The summed E-state index contributed by atoms with van der Waals surface area (Å²) in [6, 6.07) is 3.85. The highest BCUT2D eigenvalue weighted by molar-refractivity contribution is 5.87. The highest BCUT2D eigenvalue weighted by atomic mass is 19.1. The van der Waals surface area contributed by atoms with E-state index in [9.17, 15) is 4.39 Å². The van der Waals surface area contributed by atoms with E-state index in [-0.39, 0.29) is 17.4 Å². The normalized spacial score (nSPS) is 15.1. The average molecular weight is 419 g/mol. The zero-order valence-corrected chi connectivity index (χ0v) is 16.3. The Morgan fingerprint density at radius 2 is 2.06 bits per heavy atom. The quantitative estimate of drug-likeness (QED) is 0.406. The predicted molar refractivity (Wildman–Crippen MR) is 111 cm³/mol. The zero-order chi connectivity index (χ0) is 20.8. The van der Waals surface area contributed by atoms with Gasteiger partial charge in [0.15, 0.2) is 40.7 Å². The molecule has 3 N–H and O–H groups in total. The maximum atomic E-state index is 14.4. The van der Waals surface area contributed by atoms with Crippen LogP contribution in [0.5, 0.6) is 0 Å². The largest absolute Gasteiger partial charge is 0.441 e. The number of halogens is 1. The van der Waals surface area contributed by atoms with E-state index in [0.29, 0.717) is 28.5 Å². The molecule has 6 rings (SSSR count). The summed E-state index contributed by atoms with van der Waals surface area (Å²) < 4.78 is 21.8. The number of hydrogen-bond acceptors (Lipinski definition) is 8. The molecule has 0 bridgehead atoms. The molecule has 11 heteroatoms. The second-order valence-electron chi connectivity index (χ2n) is 7.45. The second kappa shape index (κ2) is 7.13. The molecule has 0 aromatic carbocycles. The summed E-state index contributed by atoms with van der Waals surface area (Å²) in [4.78, 5) is 17.2. The third-order valence-electron chi connectivity index (χ3n) is 5.53. The van der Waals surface area contributed by atoms with Crippen molar-refractivity contribution < 1.29 is 8.81 Å². The van der Waals surface area contributed by atoms with Gasteiger partial charge in [0.05, 0.1) is 11.9 Å². The molecule has 5 aromatic heterocycles. The molecule has 0 saturated carbocycles. The van der Waals surface area contributed by atoms with Gasteiger partial charge in [-0.2, -0.15) is 10.1 Å². The Morgan fingerprint density at radius 1 is 1.16 bits per heavy atom. The Kier molecular flexibility index (Phi) is 4.13. The van der Waals surface area contributed by atoms with Crippen LogP contribution in [0.15, 0.2) is 41.5 Å². The Labute approximate surface area is 174 Å². The van der Waals surface area contributed by atoms with Crippen LogP contribution in [0.4, 0.5) is 16.0 Å². The molecule has 1 saturated heterocycles. The minimum atomic E-state index is -0.358. The number of nitrogens with one attached hydrogen (secondary N) is 3. The first-order valence-electron chi connectivity index (χ1n) is 10.0. The SMILES string of the molecule is Fc1cn(C2CCNCC2)c2nc(Nc3cc(-c4ccnc5ncoc45)[nH]n3)cnc12. The van der Waals surface area contributed by atoms with Crippen molar-refractivity contribution in [1.82, 2.24) is 40.0 Å². The van der Waals surface area contributed by atoms with Crippen LogP contribution in [-0.4, -0.2) is 47.8 Å².